The molecule has 0 aliphatic carbocycles. The first-order valence-corrected chi connectivity index (χ1v) is 7.72. The van der Waals surface area contributed by atoms with Crippen molar-refractivity contribution in [1.82, 2.24) is 4.98 Å². The van der Waals surface area contributed by atoms with Crippen LogP contribution in [0.1, 0.15) is 10.4 Å². The molecule has 1 aromatic heterocycles. The zero-order valence-corrected chi connectivity index (χ0v) is 15.5. The normalized spacial score (nSPS) is 10.1. The molecular weight excluding hydrogens is 379 g/mol. The van der Waals surface area contributed by atoms with Crippen LogP contribution >= 0.6 is 24.0 Å². The minimum atomic E-state index is -1.10. The largest absolute Gasteiger partial charge is 0.497 e. The molecule has 2 aromatic carbocycles. The molecule has 0 radical (unpaired) electrons. The first kappa shape index (κ1) is 19.6. The fourth-order valence-corrected chi connectivity index (χ4v) is 2.68. The second-order valence-electron chi connectivity index (χ2n) is 5.20. The van der Waals surface area contributed by atoms with E-state index in [0.29, 0.717) is 38.8 Å². The van der Waals surface area contributed by atoms with Gasteiger partial charge in [0.15, 0.2) is 0 Å². The van der Waals surface area contributed by atoms with Crippen LogP contribution in [0.3, 0.4) is 0 Å². The van der Waals surface area contributed by atoms with Gasteiger partial charge < -0.3 is 19.9 Å². The topological polar surface area (TPSA) is 80.7 Å². The number of methoxy groups -OCH3 is 2. The molecule has 0 spiro atoms. The number of ether oxygens (including phenoxy) is 2. The van der Waals surface area contributed by atoms with Gasteiger partial charge in [-0.05, 0) is 36.4 Å². The summed E-state index contributed by atoms with van der Waals surface area (Å²) in [7, 11) is 3.07. The molecule has 6 nitrogen and oxygen atoms in total. The Kier molecular flexibility index (Phi) is 6.13. The van der Waals surface area contributed by atoms with Crippen molar-refractivity contribution in [3.63, 3.8) is 0 Å². The Hall–Kier alpha value is -2.70. The van der Waals surface area contributed by atoms with Crippen molar-refractivity contribution in [1.29, 1.82) is 0 Å². The maximum Gasteiger partial charge on any atom is 0.339 e. The van der Waals surface area contributed by atoms with E-state index in [-0.39, 0.29) is 18.0 Å². The quantitative estimate of drug-likeness (QED) is 0.648. The highest BCUT2D eigenvalue weighted by Gasteiger charge is 2.17. The SMILES string of the molecule is COc1ccc2ncc(C(=O)O)c(Nc3cc(Cl)ccc3OC)c2c1.Cl. The van der Waals surface area contributed by atoms with Gasteiger partial charge in [0.2, 0.25) is 0 Å². The first-order valence-electron chi connectivity index (χ1n) is 7.34. The molecular formula is C18H16Cl2N2O4. The molecule has 2 N–H and O–H groups in total. The lowest BCUT2D eigenvalue weighted by Gasteiger charge is -2.16. The third kappa shape index (κ3) is 3.76. The summed E-state index contributed by atoms with van der Waals surface area (Å²) in [6.45, 7) is 0. The molecule has 0 aliphatic heterocycles. The molecule has 3 aromatic rings. The summed E-state index contributed by atoms with van der Waals surface area (Å²) in [6, 6.07) is 10.3. The van der Waals surface area contributed by atoms with Crippen LogP contribution in [-0.2, 0) is 0 Å². The van der Waals surface area contributed by atoms with Crippen LogP contribution in [0, 0.1) is 0 Å². The number of nitrogens with zero attached hydrogens (tertiary/aromatic N) is 1. The third-order valence-corrected chi connectivity index (χ3v) is 3.96. The number of fused-ring (bicyclic) bond motifs is 1. The Labute approximate surface area is 161 Å². The number of carboxylic acid groups (broad SMARTS) is 1. The lowest BCUT2D eigenvalue weighted by atomic mass is 10.1. The Morgan fingerprint density at radius 2 is 1.92 bits per heavy atom. The monoisotopic (exact) mass is 394 g/mol. The van der Waals surface area contributed by atoms with Gasteiger partial charge in [0.25, 0.3) is 0 Å². The summed E-state index contributed by atoms with van der Waals surface area (Å²) in [4.78, 5) is 15.9. The number of hydrogen-bond donors (Lipinski definition) is 2. The number of benzene rings is 2. The molecule has 3 rings (SSSR count). The fraction of sp³-hybridized carbons (Fsp3) is 0.111. The van der Waals surface area contributed by atoms with Crippen molar-refractivity contribution in [2.24, 2.45) is 0 Å². The predicted octanol–water partition coefficient (Wildman–Crippen LogP) is 4.77. The van der Waals surface area contributed by atoms with Gasteiger partial charge in [0.1, 0.15) is 17.1 Å². The molecule has 0 unspecified atom stereocenters. The van der Waals surface area contributed by atoms with Gasteiger partial charge in [-0.25, -0.2) is 4.79 Å². The predicted molar refractivity (Wildman–Crippen MR) is 104 cm³/mol. The van der Waals surface area contributed by atoms with Crippen LogP contribution in [0.4, 0.5) is 11.4 Å². The molecule has 0 saturated heterocycles. The molecule has 0 aliphatic rings. The molecule has 136 valence electrons. The second-order valence-corrected chi connectivity index (χ2v) is 5.64. The highest BCUT2D eigenvalue weighted by atomic mass is 35.5. The Morgan fingerprint density at radius 1 is 1.15 bits per heavy atom. The highest BCUT2D eigenvalue weighted by molar-refractivity contribution is 6.31. The van der Waals surface area contributed by atoms with E-state index < -0.39 is 5.97 Å². The van der Waals surface area contributed by atoms with E-state index in [1.165, 1.54) is 13.3 Å². The summed E-state index contributed by atoms with van der Waals surface area (Å²) in [6.07, 6.45) is 1.32. The number of aromatic carboxylic acids is 1. The number of halogens is 2. The van der Waals surface area contributed by atoms with Crippen LogP contribution in [0.15, 0.2) is 42.6 Å². The average molecular weight is 395 g/mol. The van der Waals surface area contributed by atoms with Crippen LogP contribution in [-0.4, -0.2) is 30.3 Å². The minimum Gasteiger partial charge on any atom is -0.497 e. The Balaban J connectivity index is 0.00000243. The van der Waals surface area contributed by atoms with Gasteiger partial charge in [-0.2, -0.15) is 0 Å². The number of pyridine rings is 1. The van der Waals surface area contributed by atoms with Crippen LogP contribution in [0.2, 0.25) is 5.02 Å². The zero-order valence-electron chi connectivity index (χ0n) is 13.9. The molecule has 0 amide bonds. The molecule has 0 bridgehead atoms. The molecule has 0 saturated carbocycles. The van der Waals surface area contributed by atoms with Gasteiger partial charge >= 0.3 is 5.97 Å². The van der Waals surface area contributed by atoms with E-state index >= 15 is 0 Å². The number of carboxylic acids is 1. The molecule has 8 heteroatoms. The van der Waals surface area contributed by atoms with Crippen molar-refractivity contribution in [2.45, 2.75) is 0 Å². The van der Waals surface area contributed by atoms with Gasteiger partial charge in [0.05, 0.1) is 31.1 Å². The van der Waals surface area contributed by atoms with E-state index in [9.17, 15) is 9.90 Å². The van der Waals surface area contributed by atoms with Crippen molar-refractivity contribution < 1.29 is 19.4 Å². The third-order valence-electron chi connectivity index (χ3n) is 3.73. The minimum absolute atomic E-state index is 0. The lowest BCUT2D eigenvalue weighted by molar-refractivity contribution is 0.0697. The van der Waals surface area contributed by atoms with Crippen molar-refractivity contribution >= 4 is 52.3 Å². The Bertz CT molecular complexity index is 963. The molecule has 1 heterocycles. The number of anilines is 2. The van der Waals surface area contributed by atoms with E-state index in [0.717, 1.165) is 0 Å². The van der Waals surface area contributed by atoms with Crippen molar-refractivity contribution in [3.05, 3.63) is 53.2 Å². The molecule has 0 fully saturated rings. The van der Waals surface area contributed by atoms with Gasteiger partial charge in [-0.15, -0.1) is 12.4 Å². The van der Waals surface area contributed by atoms with Crippen molar-refractivity contribution in [2.75, 3.05) is 19.5 Å². The summed E-state index contributed by atoms with van der Waals surface area (Å²) in [5.41, 5.74) is 1.60. The lowest BCUT2D eigenvalue weighted by Crippen LogP contribution is -2.05. The number of aromatic nitrogens is 1. The van der Waals surface area contributed by atoms with E-state index in [4.69, 9.17) is 21.1 Å². The van der Waals surface area contributed by atoms with Gasteiger partial charge in [-0.3, -0.25) is 4.98 Å². The number of rotatable bonds is 5. The standard InChI is InChI=1S/C18H15ClN2O4.ClH/c1-24-11-4-5-14-12(8-11)17(13(9-20-14)18(22)23)21-15-7-10(19)3-6-16(15)25-2;/h3-9H,1-2H3,(H,20,21)(H,22,23);1H. The number of nitrogens with one attached hydrogen (secondary N) is 1. The molecule has 0 atom stereocenters. The summed E-state index contributed by atoms with van der Waals surface area (Å²) in [5, 5.41) is 13.8. The first-order chi connectivity index (χ1) is 12.0. The van der Waals surface area contributed by atoms with Crippen LogP contribution in [0.25, 0.3) is 10.9 Å². The van der Waals surface area contributed by atoms with Gasteiger partial charge in [0, 0.05) is 16.6 Å². The van der Waals surface area contributed by atoms with E-state index in [1.54, 1.807) is 43.5 Å². The maximum atomic E-state index is 11.7. The summed E-state index contributed by atoms with van der Waals surface area (Å²) < 4.78 is 10.6. The highest BCUT2D eigenvalue weighted by Crippen LogP contribution is 2.36. The fourth-order valence-electron chi connectivity index (χ4n) is 2.51. The van der Waals surface area contributed by atoms with Crippen LogP contribution < -0.4 is 14.8 Å². The second kappa shape index (κ2) is 8.12. The van der Waals surface area contributed by atoms with E-state index in [2.05, 4.69) is 10.3 Å². The zero-order chi connectivity index (χ0) is 18.0. The van der Waals surface area contributed by atoms with Gasteiger partial charge in [-0.1, -0.05) is 11.6 Å². The summed E-state index contributed by atoms with van der Waals surface area (Å²) in [5.74, 6) is 0.0345. The number of hydrogen-bond acceptors (Lipinski definition) is 5. The Morgan fingerprint density at radius 3 is 2.58 bits per heavy atom. The number of carbonyl (C=O) groups is 1. The molecule has 26 heavy (non-hydrogen) atoms. The summed E-state index contributed by atoms with van der Waals surface area (Å²) >= 11 is 6.06. The smallest absolute Gasteiger partial charge is 0.339 e. The van der Waals surface area contributed by atoms with Crippen molar-refractivity contribution in [3.8, 4) is 11.5 Å². The maximum absolute atomic E-state index is 11.7. The van der Waals surface area contributed by atoms with E-state index in [1.807, 2.05) is 0 Å². The average Bonchev–Trinajstić information content (AvgIpc) is 2.61. The van der Waals surface area contributed by atoms with Crippen LogP contribution in [0.5, 0.6) is 11.5 Å².